The van der Waals surface area contributed by atoms with E-state index < -0.39 is 24.1 Å². The van der Waals surface area contributed by atoms with Crippen molar-refractivity contribution < 1.29 is 23.9 Å². The van der Waals surface area contributed by atoms with Gasteiger partial charge in [-0.2, -0.15) is 0 Å². The van der Waals surface area contributed by atoms with Crippen LogP contribution in [0.4, 0.5) is 4.79 Å². The highest BCUT2D eigenvalue weighted by atomic mass is 16.5. The van der Waals surface area contributed by atoms with Gasteiger partial charge in [0.1, 0.15) is 12.3 Å². The number of hydrogen-bond donors (Lipinski definition) is 3. The lowest BCUT2D eigenvalue weighted by molar-refractivity contribution is -0.127. The first-order valence-electron chi connectivity index (χ1n) is 11.3. The van der Waals surface area contributed by atoms with Crippen LogP contribution in [0.3, 0.4) is 0 Å². The largest absolute Gasteiger partial charge is 0.449 e. The minimum absolute atomic E-state index is 0.0860. The SMILES string of the molecule is CC(C)CC(NC(=O)OCC1CC2CCC1C2)C(=O)NC(C=O)CC1CCNC1=O. The minimum Gasteiger partial charge on any atom is -0.449 e. The van der Waals surface area contributed by atoms with Crippen molar-refractivity contribution in [3.8, 4) is 0 Å². The Balaban J connectivity index is 1.48. The summed E-state index contributed by atoms with van der Waals surface area (Å²) >= 11 is 0. The van der Waals surface area contributed by atoms with Gasteiger partial charge in [0.2, 0.25) is 11.8 Å². The number of rotatable bonds is 10. The Morgan fingerprint density at radius 3 is 2.57 bits per heavy atom. The van der Waals surface area contributed by atoms with E-state index in [4.69, 9.17) is 4.74 Å². The molecule has 2 saturated carbocycles. The van der Waals surface area contributed by atoms with Gasteiger partial charge in [0.15, 0.2) is 0 Å². The lowest BCUT2D eigenvalue weighted by atomic mass is 9.90. The van der Waals surface area contributed by atoms with E-state index >= 15 is 0 Å². The van der Waals surface area contributed by atoms with Crippen molar-refractivity contribution in [3.05, 3.63) is 0 Å². The van der Waals surface area contributed by atoms with Crippen LogP contribution in [0.1, 0.15) is 58.8 Å². The monoisotopic (exact) mass is 421 g/mol. The van der Waals surface area contributed by atoms with Crippen LogP contribution < -0.4 is 16.0 Å². The minimum atomic E-state index is -0.780. The van der Waals surface area contributed by atoms with Gasteiger partial charge in [-0.25, -0.2) is 4.79 Å². The average molecular weight is 422 g/mol. The van der Waals surface area contributed by atoms with Crippen LogP contribution in [0.15, 0.2) is 0 Å². The van der Waals surface area contributed by atoms with Crippen LogP contribution in [-0.2, 0) is 19.1 Å². The van der Waals surface area contributed by atoms with Crippen LogP contribution in [0, 0.1) is 29.6 Å². The fourth-order valence-electron chi connectivity index (χ4n) is 5.26. The highest BCUT2D eigenvalue weighted by Crippen LogP contribution is 2.48. The molecule has 1 aliphatic heterocycles. The van der Waals surface area contributed by atoms with E-state index in [1.54, 1.807) is 0 Å². The second-order valence-electron chi connectivity index (χ2n) is 9.62. The summed E-state index contributed by atoms with van der Waals surface area (Å²) in [5, 5.41) is 8.10. The summed E-state index contributed by atoms with van der Waals surface area (Å²) in [4.78, 5) is 48.3. The molecule has 8 nitrogen and oxygen atoms in total. The van der Waals surface area contributed by atoms with E-state index in [1.807, 2.05) is 13.8 Å². The number of fused-ring (bicyclic) bond motifs is 2. The van der Waals surface area contributed by atoms with Crippen molar-refractivity contribution >= 4 is 24.2 Å². The fourth-order valence-corrected chi connectivity index (χ4v) is 5.26. The number of alkyl carbamates (subject to hydrolysis) is 1. The average Bonchev–Trinajstić information content (AvgIpc) is 3.42. The van der Waals surface area contributed by atoms with Crippen molar-refractivity contribution in [3.63, 3.8) is 0 Å². The van der Waals surface area contributed by atoms with Crippen molar-refractivity contribution in [2.45, 2.75) is 70.9 Å². The summed E-state index contributed by atoms with van der Waals surface area (Å²) in [5.74, 6) is 1.27. The summed E-state index contributed by atoms with van der Waals surface area (Å²) < 4.78 is 5.44. The quantitative estimate of drug-likeness (QED) is 0.465. The van der Waals surface area contributed by atoms with Crippen LogP contribution in [0.25, 0.3) is 0 Å². The first kappa shape index (κ1) is 22.6. The van der Waals surface area contributed by atoms with Gasteiger partial charge in [-0.1, -0.05) is 20.3 Å². The molecule has 0 aromatic heterocycles. The molecule has 30 heavy (non-hydrogen) atoms. The number of carbonyl (C=O) groups is 4. The molecule has 2 bridgehead atoms. The first-order chi connectivity index (χ1) is 14.4. The van der Waals surface area contributed by atoms with Gasteiger partial charge in [-0.3, -0.25) is 9.59 Å². The lowest BCUT2D eigenvalue weighted by Gasteiger charge is -2.24. The zero-order chi connectivity index (χ0) is 21.7. The normalized spacial score (nSPS) is 29.4. The maximum absolute atomic E-state index is 12.8. The third-order valence-corrected chi connectivity index (χ3v) is 6.82. The molecule has 6 atom stereocenters. The maximum atomic E-state index is 12.8. The van der Waals surface area contributed by atoms with E-state index in [-0.39, 0.29) is 24.2 Å². The standard InChI is InChI=1S/C22H35N3O5/c1-13(2)7-19(21(28)24-18(11-26)10-16-5-6-23-20(16)27)25-22(29)30-12-17-9-14-3-4-15(17)8-14/h11,13-19H,3-10,12H2,1-2H3,(H,23,27)(H,24,28)(H,25,29). The fraction of sp³-hybridized carbons (Fsp3) is 0.818. The molecule has 3 amide bonds. The predicted octanol–water partition coefficient (Wildman–Crippen LogP) is 1.77. The van der Waals surface area contributed by atoms with Crippen molar-refractivity contribution in [1.29, 1.82) is 0 Å². The van der Waals surface area contributed by atoms with E-state index in [0.717, 1.165) is 12.3 Å². The highest BCUT2D eigenvalue weighted by molar-refractivity contribution is 5.88. The summed E-state index contributed by atoms with van der Waals surface area (Å²) in [7, 11) is 0. The van der Waals surface area contributed by atoms with Crippen molar-refractivity contribution in [2.24, 2.45) is 29.6 Å². The van der Waals surface area contributed by atoms with Gasteiger partial charge in [0.05, 0.1) is 12.6 Å². The smallest absolute Gasteiger partial charge is 0.407 e. The van der Waals surface area contributed by atoms with Crippen LogP contribution in [-0.4, -0.2) is 49.4 Å². The molecule has 6 unspecified atom stereocenters. The Labute approximate surface area is 178 Å². The number of aldehydes is 1. The van der Waals surface area contributed by atoms with Crippen LogP contribution in [0.2, 0.25) is 0 Å². The highest BCUT2D eigenvalue weighted by Gasteiger charge is 2.40. The molecule has 0 aromatic carbocycles. The summed E-state index contributed by atoms with van der Waals surface area (Å²) in [6.45, 7) is 4.91. The number of ether oxygens (including phenoxy) is 1. The van der Waals surface area contributed by atoms with Gasteiger partial charge in [0, 0.05) is 12.5 Å². The number of hydrogen-bond acceptors (Lipinski definition) is 5. The third-order valence-electron chi connectivity index (χ3n) is 6.82. The zero-order valence-corrected chi connectivity index (χ0v) is 18.0. The lowest BCUT2D eigenvalue weighted by Crippen LogP contribution is -2.51. The van der Waals surface area contributed by atoms with Crippen LogP contribution in [0.5, 0.6) is 0 Å². The summed E-state index contributed by atoms with van der Waals surface area (Å²) in [6.07, 6.45) is 6.33. The molecule has 1 heterocycles. The Morgan fingerprint density at radius 2 is 2.00 bits per heavy atom. The second-order valence-corrected chi connectivity index (χ2v) is 9.62. The van der Waals surface area contributed by atoms with E-state index in [9.17, 15) is 19.2 Å². The maximum Gasteiger partial charge on any atom is 0.407 e. The van der Waals surface area contributed by atoms with Crippen molar-refractivity contribution in [2.75, 3.05) is 13.2 Å². The molecule has 0 spiro atoms. The summed E-state index contributed by atoms with van der Waals surface area (Å²) in [5.41, 5.74) is 0. The van der Waals surface area contributed by atoms with Gasteiger partial charge >= 0.3 is 6.09 Å². The molecular formula is C22H35N3O5. The molecule has 0 aromatic rings. The third kappa shape index (κ3) is 5.95. The molecule has 3 fully saturated rings. The van der Waals surface area contributed by atoms with Gasteiger partial charge in [-0.05, 0) is 62.2 Å². The molecule has 3 N–H and O–H groups in total. The molecule has 3 aliphatic rings. The van der Waals surface area contributed by atoms with Gasteiger partial charge in [0.25, 0.3) is 0 Å². The topological polar surface area (TPSA) is 114 Å². The van der Waals surface area contributed by atoms with E-state index in [1.165, 1.54) is 19.3 Å². The number of carbonyl (C=O) groups excluding carboxylic acids is 4. The molecule has 168 valence electrons. The molecule has 8 heteroatoms. The zero-order valence-electron chi connectivity index (χ0n) is 18.0. The van der Waals surface area contributed by atoms with E-state index in [2.05, 4.69) is 16.0 Å². The summed E-state index contributed by atoms with van der Waals surface area (Å²) in [6, 6.07) is -1.54. The van der Waals surface area contributed by atoms with Gasteiger partial charge in [-0.15, -0.1) is 0 Å². The first-order valence-corrected chi connectivity index (χ1v) is 11.3. The number of nitrogens with one attached hydrogen (secondary N) is 3. The molecule has 3 rings (SSSR count). The molecule has 2 aliphatic carbocycles. The molecule has 0 radical (unpaired) electrons. The number of amides is 3. The van der Waals surface area contributed by atoms with Crippen molar-refractivity contribution in [1.82, 2.24) is 16.0 Å². The Hall–Kier alpha value is -2.12. The van der Waals surface area contributed by atoms with Crippen LogP contribution >= 0.6 is 0 Å². The molecule has 1 saturated heterocycles. The molecular weight excluding hydrogens is 386 g/mol. The van der Waals surface area contributed by atoms with E-state index in [0.29, 0.717) is 44.1 Å². The Morgan fingerprint density at radius 1 is 1.20 bits per heavy atom. The Bertz CT molecular complexity index is 653. The second kappa shape index (κ2) is 10.3. The Kier molecular flexibility index (Phi) is 7.72. The predicted molar refractivity (Wildman–Crippen MR) is 110 cm³/mol. The van der Waals surface area contributed by atoms with Gasteiger partial charge < -0.3 is 25.5 Å².